The highest BCUT2D eigenvalue weighted by molar-refractivity contribution is 6.03. The molecule has 0 aliphatic carbocycles. The van der Waals surface area contributed by atoms with Gasteiger partial charge in [-0.1, -0.05) is 18.2 Å². The number of para-hydroxylation sites is 1. The lowest BCUT2D eigenvalue weighted by atomic mass is 9.99. The fourth-order valence-corrected chi connectivity index (χ4v) is 3.14. The van der Waals surface area contributed by atoms with Gasteiger partial charge in [0.05, 0.1) is 18.6 Å². The molecule has 0 spiro atoms. The molecule has 3 heterocycles. The summed E-state index contributed by atoms with van der Waals surface area (Å²) >= 11 is 0. The van der Waals surface area contributed by atoms with Crippen molar-refractivity contribution in [2.24, 2.45) is 5.10 Å². The highest BCUT2D eigenvalue weighted by Gasteiger charge is 2.36. The molecule has 1 aromatic carbocycles. The van der Waals surface area contributed by atoms with Crippen LogP contribution in [0.2, 0.25) is 0 Å². The smallest absolute Gasteiger partial charge is 0.310 e. The zero-order valence-electron chi connectivity index (χ0n) is 14.6. The predicted molar refractivity (Wildman–Crippen MR) is 98.2 cm³/mol. The normalized spacial score (nSPS) is 16.3. The number of carbonyl (C=O) groups excluding carboxylic acids is 2. The molecule has 3 aromatic rings. The van der Waals surface area contributed by atoms with Crippen molar-refractivity contribution >= 4 is 23.2 Å². The predicted octanol–water partition coefficient (Wildman–Crippen LogP) is 3.82. The number of nitrogens with one attached hydrogen (secondary N) is 1. The van der Waals surface area contributed by atoms with Crippen molar-refractivity contribution in [3.8, 4) is 0 Å². The zero-order chi connectivity index (χ0) is 18.8. The summed E-state index contributed by atoms with van der Waals surface area (Å²) in [6.45, 7) is 1.45. The molecular weight excluding hydrogens is 346 g/mol. The Morgan fingerprint density at radius 3 is 2.56 bits per heavy atom. The Balaban J connectivity index is 1.75. The molecule has 4 rings (SSSR count). The van der Waals surface area contributed by atoms with Gasteiger partial charge in [0.2, 0.25) is 5.91 Å². The van der Waals surface area contributed by atoms with E-state index in [0.29, 0.717) is 23.6 Å². The van der Waals surface area contributed by atoms with Crippen LogP contribution >= 0.6 is 0 Å². The van der Waals surface area contributed by atoms with Crippen molar-refractivity contribution in [2.75, 3.05) is 5.32 Å². The molecule has 0 unspecified atom stereocenters. The van der Waals surface area contributed by atoms with Gasteiger partial charge in [0.25, 0.3) is 0 Å². The maximum Gasteiger partial charge on any atom is 0.310 e. The van der Waals surface area contributed by atoms with E-state index in [1.807, 2.05) is 18.2 Å². The number of nitrogens with zero attached hydrogens (tertiary/aromatic N) is 2. The summed E-state index contributed by atoms with van der Waals surface area (Å²) in [6, 6.07) is 13.8. The second-order valence-corrected chi connectivity index (χ2v) is 6.14. The van der Waals surface area contributed by atoms with Crippen LogP contribution in [0.15, 0.2) is 75.0 Å². The number of benzene rings is 1. The molecule has 7 nitrogen and oxygen atoms in total. The van der Waals surface area contributed by atoms with Gasteiger partial charge in [-0.25, -0.2) is 5.01 Å². The molecule has 136 valence electrons. The molecule has 0 fully saturated rings. The van der Waals surface area contributed by atoms with Crippen LogP contribution in [0.5, 0.6) is 0 Å². The van der Waals surface area contributed by atoms with Crippen molar-refractivity contribution in [1.82, 2.24) is 5.01 Å². The Morgan fingerprint density at radius 2 is 1.85 bits per heavy atom. The van der Waals surface area contributed by atoms with Crippen LogP contribution in [0.4, 0.5) is 5.69 Å². The fraction of sp³-hybridized carbons (Fsp3) is 0.150. The van der Waals surface area contributed by atoms with Gasteiger partial charge in [-0.2, -0.15) is 5.10 Å². The van der Waals surface area contributed by atoms with Crippen LogP contribution in [0.1, 0.15) is 41.3 Å². The molecule has 1 aliphatic heterocycles. The third-order valence-corrected chi connectivity index (χ3v) is 4.29. The van der Waals surface area contributed by atoms with Gasteiger partial charge in [0, 0.05) is 24.6 Å². The molecule has 0 saturated heterocycles. The van der Waals surface area contributed by atoms with E-state index in [2.05, 4.69) is 10.4 Å². The fourth-order valence-electron chi connectivity index (χ4n) is 3.14. The third kappa shape index (κ3) is 3.27. The number of amides is 2. The summed E-state index contributed by atoms with van der Waals surface area (Å²) in [4.78, 5) is 24.5. The Kier molecular flexibility index (Phi) is 4.33. The first-order valence-electron chi connectivity index (χ1n) is 8.48. The highest BCUT2D eigenvalue weighted by Crippen LogP contribution is 2.37. The Bertz CT molecular complexity index is 990. The van der Waals surface area contributed by atoms with E-state index in [1.54, 1.807) is 36.6 Å². The lowest BCUT2D eigenvalue weighted by Gasteiger charge is -2.23. The number of furan rings is 2. The van der Waals surface area contributed by atoms with Crippen molar-refractivity contribution in [2.45, 2.75) is 19.4 Å². The minimum Gasteiger partial charge on any atom is -0.463 e. The van der Waals surface area contributed by atoms with Gasteiger partial charge in [-0.3, -0.25) is 9.59 Å². The largest absolute Gasteiger partial charge is 0.463 e. The van der Waals surface area contributed by atoms with E-state index in [1.165, 1.54) is 18.2 Å². The Labute approximate surface area is 155 Å². The molecule has 1 atom stereocenters. The third-order valence-electron chi connectivity index (χ3n) is 4.29. The van der Waals surface area contributed by atoms with Crippen LogP contribution in [-0.2, 0) is 4.79 Å². The highest BCUT2D eigenvalue weighted by atomic mass is 16.3. The first-order valence-corrected chi connectivity index (χ1v) is 8.48. The van der Waals surface area contributed by atoms with Crippen molar-refractivity contribution < 1.29 is 18.4 Å². The summed E-state index contributed by atoms with van der Waals surface area (Å²) < 4.78 is 10.7. The molecule has 7 heteroatoms. The second kappa shape index (κ2) is 6.95. The molecule has 27 heavy (non-hydrogen) atoms. The molecule has 1 N–H and O–H groups in total. The summed E-state index contributed by atoms with van der Waals surface area (Å²) in [6.07, 6.45) is 3.46. The van der Waals surface area contributed by atoms with Gasteiger partial charge < -0.3 is 14.2 Å². The van der Waals surface area contributed by atoms with E-state index in [4.69, 9.17) is 8.83 Å². The molecule has 1 aliphatic rings. The monoisotopic (exact) mass is 363 g/mol. The zero-order valence-corrected chi connectivity index (χ0v) is 14.6. The van der Waals surface area contributed by atoms with Crippen LogP contribution in [0.25, 0.3) is 0 Å². The standard InChI is InChI=1S/C20H17N3O4/c1-13(24)21-15-7-3-2-6-14(15)17-12-16(18-8-4-10-26-18)22-23(17)20(25)19-9-5-11-27-19/h2-11,17H,12H2,1H3,(H,21,24)/t17-/m1/s1. The molecule has 0 radical (unpaired) electrons. The number of hydrogen-bond donors (Lipinski definition) is 1. The lowest BCUT2D eigenvalue weighted by Crippen LogP contribution is -2.27. The first-order chi connectivity index (χ1) is 13.1. The Hall–Kier alpha value is -3.61. The van der Waals surface area contributed by atoms with E-state index in [-0.39, 0.29) is 17.6 Å². The quantitative estimate of drug-likeness (QED) is 0.763. The van der Waals surface area contributed by atoms with Crippen LogP contribution in [0.3, 0.4) is 0 Å². The molecule has 0 saturated carbocycles. The van der Waals surface area contributed by atoms with Crippen LogP contribution < -0.4 is 5.32 Å². The summed E-state index contributed by atoms with van der Waals surface area (Å²) in [5.41, 5.74) is 2.09. The topological polar surface area (TPSA) is 88.0 Å². The van der Waals surface area contributed by atoms with Gasteiger partial charge in [-0.05, 0) is 30.3 Å². The van der Waals surface area contributed by atoms with Crippen molar-refractivity contribution in [1.29, 1.82) is 0 Å². The second-order valence-electron chi connectivity index (χ2n) is 6.14. The summed E-state index contributed by atoms with van der Waals surface area (Å²) in [7, 11) is 0. The maximum absolute atomic E-state index is 12.9. The van der Waals surface area contributed by atoms with Crippen molar-refractivity contribution in [3.63, 3.8) is 0 Å². The number of anilines is 1. The SMILES string of the molecule is CC(=O)Nc1ccccc1[C@H]1CC(c2ccco2)=NN1C(=O)c1ccco1. The first kappa shape index (κ1) is 16.8. The van der Waals surface area contributed by atoms with E-state index < -0.39 is 6.04 Å². The minimum absolute atomic E-state index is 0.184. The average molecular weight is 363 g/mol. The number of hydrogen-bond acceptors (Lipinski definition) is 5. The van der Waals surface area contributed by atoms with Gasteiger partial charge in [0.1, 0.15) is 11.5 Å². The molecular formula is C20H17N3O4. The average Bonchev–Trinajstić information content (AvgIpc) is 3.41. The minimum atomic E-state index is -0.397. The van der Waals surface area contributed by atoms with Gasteiger partial charge in [0.15, 0.2) is 5.76 Å². The number of rotatable bonds is 4. The molecule has 2 aromatic heterocycles. The van der Waals surface area contributed by atoms with E-state index in [9.17, 15) is 9.59 Å². The lowest BCUT2D eigenvalue weighted by molar-refractivity contribution is -0.114. The maximum atomic E-state index is 12.9. The van der Waals surface area contributed by atoms with E-state index >= 15 is 0 Å². The van der Waals surface area contributed by atoms with Crippen molar-refractivity contribution in [3.05, 3.63) is 78.1 Å². The van der Waals surface area contributed by atoms with Crippen LogP contribution in [-0.4, -0.2) is 22.5 Å². The Morgan fingerprint density at radius 1 is 1.07 bits per heavy atom. The molecule has 0 bridgehead atoms. The van der Waals surface area contributed by atoms with Gasteiger partial charge in [-0.15, -0.1) is 0 Å². The summed E-state index contributed by atoms with van der Waals surface area (Å²) in [5.74, 6) is 0.258. The molecule has 2 amide bonds. The van der Waals surface area contributed by atoms with E-state index in [0.717, 1.165) is 5.56 Å². The summed E-state index contributed by atoms with van der Waals surface area (Å²) in [5, 5.41) is 8.70. The number of hydrazone groups is 1. The van der Waals surface area contributed by atoms with Crippen LogP contribution in [0, 0.1) is 0 Å². The van der Waals surface area contributed by atoms with Gasteiger partial charge >= 0.3 is 5.91 Å². The number of carbonyl (C=O) groups is 2.